The van der Waals surface area contributed by atoms with Gasteiger partial charge in [-0.3, -0.25) is 4.79 Å². The molecule has 0 atom stereocenters. The zero-order valence-electron chi connectivity index (χ0n) is 9.17. The van der Waals surface area contributed by atoms with E-state index in [0.29, 0.717) is 21.7 Å². The van der Waals surface area contributed by atoms with Crippen molar-refractivity contribution in [1.82, 2.24) is 0 Å². The molecule has 0 spiro atoms. The zero-order valence-corrected chi connectivity index (χ0v) is 9.98. The summed E-state index contributed by atoms with van der Waals surface area (Å²) in [5.41, 5.74) is 0.326. The maximum atomic E-state index is 13.5. The van der Waals surface area contributed by atoms with E-state index < -0.39 is 11.6 Å². The molecule has 0 aliphatic rings. The van der Waals surface area contributed by atoms with Crippen molar-refractivity contribution in [3.05, 3.63) is 46.8 Å². The van der Waals surface area contributed by atoms with Crippen molar-refractivity contribution in [3.63, 3.8) is 0 Å². The lowest BCUT2D eigenvalue weighted by Gasteiger charge is -1.99. The van der Waals surface area contributed by atoms with Gasteiger partial charge >= 0.3 is 0 Å². The predicted molar refractivity (Wildman–Crippen MR) is 64.3 cm³/mol. The molecule has 0 aliphatic heterocycles. The molecule has 0 aliphatic carbocycles. The first-order chi connectivity index (χ1) is 8.11. The van der Waals surface area contributed by atoms with Crippen LogP contribution in [-0.2, 0) is 0 Å². The van der Waals surface area contributed by atoms with Crippen LogP contribution in [0.3, 0.4) is 0 Å². The molecule has 2 rings (SSSR count). The third-order valence-corrected chi connectivity index (χ3v) is 3.56. The number of carbonyl (C=O) groups excluding carboxylic acids is 1. The van der Waals surface area contributed by atoms with Gasteiger partial charge in [0.1, 0.15) is 11.6 Å². The minimum absolute atomic E-state index is 0.0313. The lowest BCUT2D eigenvalue weighted by atomic mass is 10.1. The molecule has 0 unspecified atom stereocenters. The fourth-order valence-corrected chi connectivity index (χ4v) is 2.54. The summed E-state index contributed by atoms with van der Waals surface area (Å²) in [6, 6.07) is 6.80. The van der Waals surface area contributed by atoms with Gasteiger partial charge in [0, 0.05) is 22.9 Å². The van der Waals surface area contributed by atoms with E-state index in [1.54, 1.807) is 19.1 Å². The van der Waals surface area contributed by atoms with Crippen molar-refractivity contribution >= 4 is 17.1 Å². The average Bonchev–Trinajstić information content (AvgIpc) is 2.77. The van der Waals surface area contributed by atoms with Crippen LogP contribution < -0.4 is 0 Å². The third kappa shape index (κ3) is 2.42. The van der Waals surface area contributed by atoms with E-state index in [1.807, 2.05) is 0 Å². The number of rotatable bonds is 3. The van der Waals surface area contributed by atoms with E-state index in [-0.39, 0.29) is 5.78 Å². The van der Waals surface area contributed by atoms with E-state index in [0.717, 1.165) is 6.07 Å². The zero-order chi connectivity index (χ0) is 12.4. The molecule has 1 aromatic heterocycles. The Balaban J connectivity index is 2.40. The average molecular weight is 252 g/mol. The Labute approximate surface area is 102 Å². The van der Waals surface area contributed by atoms with E-state index in [1.165, 1.54) is 23.5 Å². The number of thiophene rings is 1. The summed E-state index contributed by atoms with van der Waals surface area (Å²) in [5, 5.41) is 0. The molecular weight excluding hydrogens is 242 g/mol. The van der Waals surface area contributed by atoms with Gasteiger partial charge in [-0.15, -0.1) is 11.3 Å². The number of hydrogen-bond donors (Lipinski definition) is 0. The van der Waals surface area contributed by atoms with Crippen molar-refractivity contribution in [2.24, 2.45) is 0 Å². The second-order valence-electron chi connectivity index (χ2n) is 3.56. The molecule has 0 fully saturated rings. The van der Waals surface area contributed by atoms with Crippen LogP contribution in [0.15, 0.2) is 30.3 Å². The number of ketones is 1. The molecule has 2 aromatic rings. The summed E-state index contributed by atoms with van der Waals surface area (Å²) >= 11 is 1.23. The molecule has 0 radical (unpaired) electrons. The van der Waals surface area contributed by atoms with Crippen molar-refractivity contribution in [2.75, 3.05) is 0 Å². The van der Waals surface area contributed by atoms with Gasteiger partial charge in [0.15, 0.2) is 5.78 Å². The Morgan fingerprint density at radius 2 is 2.00 bits per heavy atom. The molecule has 1 nitrogen and oxygen atoms in total. The van der Waals surface area contributed by atoms with Gasteiger partial charge in [-0.05, 0) is 24.3 Å². The van der Waals surface area contributed by atoms with Crippen LogP contribution in [0.2, 0.25) is 0 Å². The number of carbonyl (C=O) groups is 1. The molecule has 0 bridgehead atoms. The number of hydrogen-bond acceptors (Lipinski definition) is 2. The second kappa shape index (κ2) is 4.75. The highest BCUT2D eigenvalue weighted by Crippen LogP contribution is 2.30. The van der Waals surface area contributed by atoms with Crippen LogP contribution >= 0.6 is 11.3 Å². The molecule has 0 saturated heterocycles. The van der Waals surface area contributed by atoms with Crippen molar-refractivity contribution in [1.29, 1.82) is 0 Å². The summed E-state index contributed by atoms with van der Waals surface area (Å²) in [6.07, 6.45) is 0.422. The Morgan fingerprint density at radius 1 is 1.24 bits per heavy atom. The first kappa shape index (κ1) is 11.9. The van der Waals surface area contributed by atoms with Crippen LogP contribution in [0.4, 0.5) is 8.78 Å². The van der Waals surface area contributed by atoms with E-state index in [4.69, 9.17) is 0 Å². The highest BCUT2D eigenvalue weighted by Gasteiger charge is 2.11. The molecule has 4 heteroatoms. The summed E-state index contributed by atoms with van der Waals surface area (Å²) < 4.78 is 26.3. The summed E-state index contributed by atoms with van der Waals surface area (Å²) in [6.45, 7) is 1.78. The molecule has 88 valence electrons. The maximum Gasteiger partial charge on any atom is 0.172 e. The first-order valence-corrected chi connectivity index (χ1v) is 6.02. The van der Waals surface area contributed by atoms with Crippen LogP contribution in [-0.4, -0.2) is 5.78 Å². The fourth-order valence-electron chi connectivity index (χ4n) is 1.50. The van der Waals surface area contributed by atoms with Gasteiger partial charge in [-0.2, -0.15) is 0 Å². The molecule has 0 N–H and O–H groups in total. The topological polar surface area (TPSA) is 17.1 Å². The normalized spacial score (nSPS) is 10.5. The molecule has 1 aromatic carbocycles. The van der Waals surface area contributed by atoms with Crippen molar-refractivity contribution in [2.45, 2.75) is 13.3 Å². The maximum absolute atomic E-state index is 13.5. The molecule has 17 heavy (non-hydrogen) atoms. The Bertz CT molecular complexity index is 560. The van der Waals surface area contributed by atoms with E-state index >= 15 is 0 Å². The lowest BCUT2D eigenvalue weighted by Crippen LogP contribution is -1.90. The molecule has 0 saturated carbocycles. The predicted octanol–water partition coefficient (Wildman–Crippen LogP) is 4.29. The van der Waals surface area contributed by atoms with Crippen LogP contribution in [0.25, 0.3) is 10.4 Å². The Morgan fingerprint density at radius 3 is 2.65 bits per heavy atom. The Hall–Kier alpha value is -1.55. The number of halogens is 2. The summed E-state index contributed by atoms with van der Waals surface area (Å²) in [5.74, 6) is -1.18. The van der Waals surface area contributed by atoms with Gasteiger partial charge in [-0.1, -0.05) is 6.92 Å². The summed E-state index contributed by atoms with van der Waals surface area (Å²) in [7, 11) is 0. The molecule has 0 amide bonds. The van der Waals surface area contributed by atoms with E-state index in [2.05, 4.69) is 0 Å². The van der Waals surface area contributed by atoms with Gasteiger partial charge in [-0.25, -0.2) is 8.78 Å². The van der Waals surface area contributed by atoms with Gasteiger partial charge in [0.25, 0.3) is 0 Å². The first-order valence-electron chi connectivity index (χ1n) is 5.20. The molecule has 1 heterocycles. The van der Waals surface area contributed by atoms with Crippen LogP contribution in [0.5, 0.6) is 0 Å². The van der Waals surface area contributed by atoms with Gasteiger partial charge < -0.3 is 0 Å². The Kier molecular flexibility index (Phi) is 3.33. The quantitative estimate of drug-likeness (QED) is 0.745. The minimum Gasteiger partial charge on any atom is -0.293 e. The lowest BCUT2D eigenvalue weighted by molar-refractivity contribution is 0.0992. The SMILES string of the molecule is CCC(=O)c1ccc(-c2ccc(F)cc2F)s1. The van der Waals surface area contributed by atoms with Crippen molar-refractivity contribution < 1.29 is 13.6 Å². The number of Topliss-reactive ketones (excluding diaryl/α,β-unsaturated/α-hetero) is 1. The largest absolute Gasteiger partial charge is 0.293 e. The van der Waals surface area contributed by atoms with Crippen LogP contribution in [0.1, 0.15) is 23.0 Å². The third-order valence-electron chi connectivity index (χ3n) is 2.40. The van der Waals surface area contributed by atoms with Crippen molar-refractivity contribution in [3.8, 4) is 10.4 Å². The number of benzene rings is 1. The molecular formula is C13H10F2OS. The second-order valence-corrected chi connectivity index (χ2v) is 4.65. The van der Waals surface area contributed by atoms with Crippen LogP contribution in [0, 0.1) is 11.6 Å². The monoisotopic (exact) mass is 252 g/mol. The highest BCUT2D eigenvalue weighted by atomic mass is 32.1. The minimum atomic E-state index is -0.609. The summed E-state index contributed by atoms with van der Waals surface area (Å²) in [4.78, 5) is 12.7. The fraction of sp³-hybridized carbons (Fsp3) is 0.154. The smallest absolute Gasteiger partial charge is 0.172 e. The highest BCUT2D eigenvalue weighted by molar-refractivity contribution is 7.17. The van der Waals surface area contributed by atoms with Gasteiger partial charge in [0.2, 0.25) is 0 Å². The standard InChI is InChI=1S/C13H10F2OS/c1-2-11(16)13-6-5-12(17-13)9-4-3-8(14)7-10(9)15/h3-7H,2H2,1H3. The van der Waals surface area contributed by atoms with Gasteiger partial charge in [0.05, 0.1) is 4.88 Å². The van der Waals surface area contributed by atoms with E-state index in [9.17, 15) is 13.6 Å².